The van der Waals surface area contributed by atoms with Crippen LogP contribution >= 0.6 is 34.8 Å². The SMILES string of the molecule is Clc1cc2ncnc(Cl)c2cc1Cl. The van der Waals surface area contributed by atoms with Gasteiger partial charge < -0.3 is 0 Å². The highest BCUT2D eigenvalue weighted by atomic mass is 35.5. The fourth-order valence-electron chi connectivity index (χ4n) is 1.02. The zero-order valence-corrected chi connectivity index (χ0v) is 8.53. The van der Waals surface area contributed by atoms with Gasteiger partial charge in [-0.15, -0.1) is 0 Å². The summed E-state index contributed by atoms with van der Waals surface area (Å²) in [6.07, 6.45) is 1.38. The predicted molar refractivity (Wildman–Crippen MR) is 54.6 cm³/mol. The molecule has 1 heterocycles. The van der Waals surface area contributed by atoms with E-state index in [1.807, 2.05) is 0 Å². The lowest BCUT2D eigenvalue weighted by Gasteiger charge is -2.00. The number of hydrogen-bond donors (Lipinski definition) is 0. The normalized spacial score (nSPS) is 10.7. The smallest absolute Gasteiger partial charge is 0.140 e. The fourth-order valence-corrected chi connectivity index (χ4v) is 1.54. The summed E-state index contributed by atoms with van der Waals surface area (Å²) in [5.74, 6) is 0. The summed E-state index contributed by atoms with van der Waals surface area (Å²) in [4.78, 5) is 7.84. The highest BCUT2D eigenvalue weighted by Gasteiger charge is 2.05. The summed E-state index contributed by atoms with van der Waals surface area (Å²) >= 11 is 17.4. The molecule has 0 aliphatic carbocycles. The molecule has 0 aliphatic rings. The van der Waals surface area contributed by atoms with Gasteiger partial charge in [-0.3, -0.25) is 0 Å². The van der Waals surface area contributed by atoms with Gasteiger partial charge in [0, 0.05) is 5.39 Å². The third-order valence-electron chi connectivity index (χ3n) is 1.63. The van der Waals surface area contributed by atoms with E-state index < -0.39 is 0 Å². The van der Waals surface area contributed by atoms with Crippen molar-refractivity contribution in [2.45, 2.75) is 0 Å². The van der Waals surface area contributed by atoms with Crippen molar-refractivity contribution in [3.63, 3.8) is 0 Å². The van der Waals surface area contributed by atoms with Gasteiger partial charge in [-0.05, 0) is 12.1 Å². The molecule has 2 aromatic rings. The maximum atomic E-state index is 5.83. The molecule has 0 fully saturated rings. The molecule has 0 amide bonds. The second kappa shape index (κ2) is 3.29. The van der Waals surface area contributed by atoms with Gasteiger partial charge in [0.25, 0.3) is 0 Å². The van der Waals surface area contributed by atoms with Crippen molar-refractivity contribution in [3.8, 4) is 0 Å². The second-order valence-corrected chi connectivity index (χ2v) is 3.62. The van der Waals surface area contributed by atoms with E-state index in [1.165, 1.54) is 6.33 Å². The minimum Gasteiger partial charge on any atom is -0.236 e. The van der Waals surface area contributed by atoms with E-state index in [9.17, 15) is 0 Å². The van der Waals surface area contributed by atoms with E-state index in [1.54, 1.807) is 12.1 Å². The highest BCUT2D eigenvalue weighted by Crippen LogP contribution is 2.29. The molecule has 5 heteroatoms. The van der Waals surface area contributed by atoms with Gasteiger partial charge in [0.05, 0.1) is 15.6 Å². The Morgan fingerprint density at radius 2 is 1.62 bits per heavy atom. The quantitative estimate of drug-likeness (QED) is 0.650. The first-order chi connectivity index (χ1) is 6.18. The largest absolute Gasteiger partial charge is 0.236 e. The zero-order chi connectivity index (χ0) is 9.42. The maximum absolute atomic E-state index is 5.83. The Labute approximate surface area is 89.5 Å². The first-order valence-electron chi connectivity index (χ1n) is 3.44. The summed E-state index contributed by atoms with van der Waals surface area (Å²) in [6.45, 7) is 0. The van der Waals surface area contributed by atoms with Crippen LogP contribution in [-0.4, -0.2) is 9.97 Å². The van der Waals surface area contributed by atoms with Crippen LogP contribution < -0.4 is 0 Å². The molecule has 1 aromatic carbocycles. The van der Waals surface area contributed by atoms with Crippen LogP contribution in [-0.2, 0) is 0 Å². The molecular weight excluding hydrogens is 230 g/mol. The third kappa shape index (κ3) is 1.57. The number of aromatic nitrogens is 2. The molecule has 2 rings (SSSR count). The maximum Gasteiger partial charge on any atom is 0.140 e. The molecule has 0 saturated heterocycles. The van der Waals surface area contributed by atoms with Gasteiger partial charge in [-0.2, -0.15) is 0 Å². The summed E-state index contributed by atoms with van der Waals surface area (Å²) in [7, 11) is 0. The Balaban J connectivity index is 2.89. The molecule has 2 nitrogen and oxygen atoms in total. The minimum absolute atomic E-state index is 0.378. The van der Waals surface area contributed by atoms with Crippen molar-refractivity contribution in [2.24, 2.45) is 0 Å². The van der Waals surface area contributed by atoms with Crippen molar-refractivity contribution < 1.29 is 0 Å². The first-order valence-corrected chi connectivity index (χ1v) is 4.57. The Kier molecular flexibility index (Phi) is 2.28. The average molecular weight is 233 g/mol. The van der Waals surface area contributed by atoms with E-state index in [4.69, 9.17) is 34.8 Å². The Morgan fingerprint density at radius 1 is 0.923 bits per heavy atom. The van der Waals surface area contributed by atoms with E-state index >= 15 is 0 Å². The molecule has 0 unspecified atom stereocenters. The summed E-state index contributed by atoms with van der Waals surface area (Å²) < 4.78 is 0. The molecule has 0 aliphatic heterocycles. The lowest BCUT2D eigenvalue weighted by molar-refractivity contribution is 1.22. The molecule has 66 valence electrons. The predicted octanol–water partition coefficient (Wildman–Crippen LogP) is 3.59. The van der Waals surface area contributed by atoms with Gasteiger partial charge in [0.2, 0.25) is 0 Å². The number of benzene rings is 1. The van der Waals surface area contributed by atoms with Crippen molar-refractivity contribution in [3.05, 3.63) is 33.7 Å². The van der Waals surface area contributed by atoms with Gasteiger partial charge in [-0.25, -0.2) is 9.97 Å². The average Bonchev–Trinajstić information content (AvgIpc) is 2.09. The Morgan fingerprint density at radius 3 is 2.38 bits per heavy atom. The van der Waals surface area contributed by atoms with Gasteiger partial charge >= 0.3 is 0 Å². The van der Waals surface area contributed by atoms with Crippen LogP contribution in [0.2, 0.25) is 15.2 Å². The Bertz CT molecular complexity index is 470. The van der Waals surface area contributed by atoms with E-state index in [2.05, 4.69) is 9.97 Å². The molecule has 0 N–H and O–H groups in total. The number of hydrogen-bond acceptors (Lipinski definition) is 2. The number of rotatable bonds is 0. The topological polar surface area (TPSA) is 25.8 Å². The van der Waals surface area contributed by atoms with Crippen LogP contribution in [0.3, 0.4) is 0 Å². The molecule has 0 bridgehead atoms. The van der Waals surface area contributed by atoms with Crippen molar-refractivity contribution in [2.75, 3.05) is 0 Å². The molecule has 0 spiro atoms. The van der Waals surface area contributed by atoms with Crippen LogP contribution in [0, 0.1) is 0 Å². The van der Waals surface area contributed by atoms with Crippen molar-refractivity contribution >= 4 is 45.7 Å². The first kappa shape index (κ1) is 9.00. The van der Waals surface area contributed by atoms with Crippen molar-refractivity contribution in [1.29, 1.82) is 0 Å². The van der Waals surface area contributed by atoms with E-state index in [0.717, 1.165) is 0 Å². The van der Waals surface area contributed by atoms with Crippen LogP contribution in [0.15, 0.2) is 18.5 Å². The van der Waals surface area contributed by atoms with Gasteiger partial charge in [0.1, 0.15) is 11.5 Å². The van der Waals surface area contributed by atoms with Crippen molar-refractivity contribution in [1.82, 2.24) is 9.97 Å². The second-order valence-electron chi connectivity index (χ2n) is 2.45. The Hall–Kier alpha value is -0.570. The van der Waals surface area contributed by atoms with Crippen LogP contribution in [0.25, 0.3) is 10.9 Å². The van der Waals surface area contributed by atoms with Gasteiger partial charge in [-0.1, -0.05) is 34.8 Å². The van der Waals surface area contributed by atoms with Gasteiger partial charge in [0.15, 0.2) is 0 Å². The fraction of sp³-hybridized carbons (Fsp3) is 0. The number of fused-ring (bicyclic) bond motifs is 1. The summed E-state index contributed by atoms with van der Waals surface area (Å²) in [5, 5.41) is 2.00. The monoisotopic (exact) mass is 232 g/mol. The summed E-state index contributed by atoms with van der Waals surface area (Å²) in [5.41, 5.74) is 0.689. The number of nitrogens with zero attached hydrogens (tertiary/aromatic N) is 2. The van der Waals surface area contributed by atoms with E-state index in [-0.39, 0.29) is 0 Å². The molecular formula is C8H3Cl3N2. The zero-order valence-electron chi connectivity index (χ0n) is 6.26. The van der Waals surface area contributed by atoms with Crippen LogP contribution in [0.5, 0.6) is 0 Å². The van der Waals surface area contributed by atoms with E-state index in [0.29, 0.717) is 26.1 Å². The number of halogens is 3. The summed E-state index contributed by atoms with van der Waals surface area (Å²) in [6, 6.07) is 3.31. The van der Waals surface area contributed by atoms with Crippen LogP contribution in [0.4, 0.5) is 0 Å². The highest BCUT2D eigenvalue weighted by molar-refractivity contribution is 6.43. The molecule has 1 aromatic heterocycles. The third-order valence-corrected chi connectivity index (χ3v) is 2.65. The molecule has 0 saturated carbocycles. The van der Waals surface area contributed by atoms with Crippen LogP contribution in [0.1, 0.15) is 0 Å². The molecule has 13 heavy (non-hydrogen) atoms. The minimum atomic E-state index is 0.378. The molecule has 0 atom stereocenters. The molecule has 0 radical (unpaired) electrons. The standard InChI is InChI=1S/C8H3Cl3N2/c9-5-1-4-7(2-6(5)10)12-3-13-8(4)11/h1-3H. The lowest BCUT2D eigenvalue weighted by atomic mass is 10.2. The lowest BCUT2D eigenvalue weighted by Crippen LogP contribution is -1.83.